The summed E-state index contributed by atoms with van der Waals surface area (Å²) < 4.78 is 1.15. The van der Waals surface area contributed by atoms with Crippen LogP contribution in [-0.2, 0) is 0 Å². The van der Waals surface area contributed by atoms with Crippen molar-refractivity contribution in [3.63, 3.8) is 0 Å². The van der Waals surface area contributed by atoms with Crippen LogP contribution in [0.1, 0.15) is 13.8 Å². The van der Waals surface area contributed by atoms with Gasteiger partial charge in [0, 0.05) is 13.1 Å². The van der Waals surface area contributed by atoms with Gasteiger partial charge in [-0.15, -0.1) is 11.3 Å². The standard InChI is InChI=1S/C11H15N3S/c1-7(2)14(3)8-4-5-9-11(10(8)12)13-6-15-9/h4-7H,12H2,1-3H3. The SMILES string of the molecule is CC(C)N(C)c1ccc2scnc2c1N. The molecule has 0 aliphatic heterocycles. The molecule has 0 amide bonds. The molecule has 2 rings (SSSR count). The summed E-state index contributed by atoms with van der Waals surface area (Å²) in [5, 5.41) is 0. The van der Waals surface area contributed by atoms with Gasteiger partial charge in [-0.25, -0.2) is 4.98 Å². The van der Waals surface area contributed by atoms with Crippen molar-refractivity contribution in [3.8, 4) is 0 Å². The van der Waals surface area contributed by atoms with Gasteiger partial charge in [0.15, 0.2) is 0 Å². The third-order valence-electron chi connectivity index (χ3n) is 2.67. The van der Waals surface area contributed by atoms with Crippen LogP contribution < -0.4 is 10.6 Å². The smallest absolute Gasteiger partial charge is 0.106 e. The van der Waals surface area contributed by atoms with Gasteiger partial charge in [-0.1, -0.05) is 0 Å². The van der Waals surface area contributed by atoms with E-state index >= 15 is 0 Å². The van der Waals surface area contributed by atoms with Crippen LogP contribution >= 0.6 is 11.3 Å². The van der Waals surface area contributed by atoms with Crippen molar-refractivity contribution in [2.24, 2.45) is 0 Å². The molecule has 4 heteroatoms. The number of rotatable bonds is 2. The Labute approximate surface area is 93.5 Å². The van der Waals surface area contributed by atoms with E-state index in [1.165, 1.54) is 0 Å². The number of nitrogens with two attached hydrogens (primary N) is 1. The van der Waals surface area contributed by atoms with E-state index in [-0.39, 0.29) is 0 Å². The van der Waals surface area contributed by atoms with Gasteiger partial charge in [-0.2, -0.15) is 0 Å². The molecule has 80 valence electrons. The summed E-state index contributed by atoms with van der Waals surface area (Å²) in [6.45, 7) is 4.29. The number of nitrogens with zero attached hydrogens (tertiary/aromatic N) is 2. The predicted octanol–water partition coefficient (Wildman–Crippen LogP) is 2.72. The van der Waals surface area contributed by atoms with Crippen molar-refractivity contribution in [1.82, 2.24) is 4.98 Å². The van der Waals surface area contributed by atoms with Crippen LogP contribution in [0.2, 0.25) is 0 Å². The van der Waals surface area contributed by atoms with Gasteiger partial charge >= 0.3 is 0 Å². The molecule has 2 aromatic rings. The highest BCUT2D eigenvalue weighted by Crippen LogP contribution is 2.32. The second-order valence-electron chi connectivity index (χ2n) is 3.90. The Hall–Kier alpha value is -1.29. The van der Waals surface area contributed by atoms with Crippen molar-refractivity contribution in [1.29, 1.82) is 0 Å². The monoisotopic (exact) mass is 221 g/mol. The maximum Gasteiger partial charge on any atom is 0.106 e. The number of thiazole rings is 1. The van der Waals surface area contributed by atoms with Gasteiger partial charge in [-0.05, 0) is 26.0 Å². The lowest BCUT2D eigenvalue weighted by atomic mass is 10.2. The van der Waals surface area contributed by atoms with E-state index in [1.807, 2.05) is 5.51 Å². The minimum Gasteiger partial charge on any atom is -0.395 e. The van der Waals surface area contributed by atoms with Gasteiger partial charge in [0.25, 0.3) is 0 Å². The molecule has 0 spiro atoms. The lowest BCUT2D eigenvalue weighted by Crippen LogP contribution is -2.26. The molecule has 2 N–H and O–H groups in total. The summed E-state index contributed by atoms with van der Waals surface area (Å²) in [4.78, 5) is 6.45. The molecule has 0 aliphatic rings. The van der Waals surface area contributed by atoms with E-state index in [2.05, 4.69) is 42.9 Å². The van der Waals surface area contributed by atoms with Gasteiger partial charge in [0.1, 0.15) is 5.52 Å². The Morgan fingerprint density at radius 2 is 2.13 bits per heavy atom. The summed E-state index contributed by atoms with van der Waals surface area (Å²) >= 11 is 1.62. The van der Waals surface area contributed by atoms with Crippen LogP contribution in [0.15, 0.2) is 17.6 Å². The fourth-order valence-electron chi connectivity index (χ4n) is 1.53. The van der Waals surface area contributed by atoms with Crippen LogP contribution in [0.4, 0.5) is 11.4 Å². The van der Waals surface area contributed by atoms with Crippen LogP contribution in [0.3, 0.4) is 0 Å². The number of fused-ring (bicyclic) bond motifs is 1. The Bertz CT molecular complexity index is 476. The van der Waals surface area contributed by atoms with E-state index < -0.39 is 0 Å². The van der Waals surface area contributed by atoms with E-state index in [0.29, 0.717) is 6.04 Å². The first-order valence-corrected chi connectivity index (χ1v) is 5.83. The Morgan fingerprint density at radius 1 is 1.40 bits per heavy atom. The van der Waals surface area contributed by atoms with Gasteiger partial charge in [0.05, 0.1) is 21.6 Å². The third-order valence-corrected chi connectivity index (χ3v) is 3.47. The molecule has 0 saturated carbocycles. The number of aromatic nitrogens is 1. The maximum absolute atomic E-state index is 6.10. The molecule has 1 heterocycles. The molecule has 1 aromatic heterocycles. The first kappa shape index (κ1) is 10.2. The summed E-state index contributed by atoms with van der Waals surface area (Å²) in [5.41, 5.74) is 10.7. The van der Waals surface area contributed by atoms with Crippen molar-refractivity contribution >= 4 is 32.9 Å². The quantitative estimate of drug-likeness (QED) is 0.793. The van der Waals surface area contributed by atoms with Crippen LogP contribution in [-0.4, -0.2) is 18.1 Å². The Morgan fingerprint density at radius 3 is 2.80 bits per heavy atom. The molecular formula is C11H15N3S. The zero-order valence-electron chi connectivity index (χ0n) is 9.19. The molecule has 0 unspecified atom stereocenters. The highest BCUT2D eigenvalue weighted by atomic mass is 32.1. The highest BCUT2D eigenvalue weighted by molar-refractivity contribution is 7.16. The first-order valence-electron chi connectivity index (χ1n) is 4.95. The largest absolute Gasteiger partial charge is 0.395 e. The maximum atomic E-state index is 6.10. The molecule has 0 aliphatic carbocycles. The summed E-state index contributed by atoms with van der Waals surface area (Å²) in [6, 6.07) is 4.58. The van der Waals surface area contributed by atoms with E-state index in [0.717, 1.165) is 21.6 Å². The molecule has 0 radical (unpaired) electrons. The number of hydrogen-bond acceptors (Lipinski definition) is 4. The molecule has 1 aromatic carbocycles. The average molecular weight is 221 g/mol. The highest BCUT2D eigenvalue weighted by Gasteiger charge is 2.12. The van der Waals surface area contributed by atoms with Crippen molar-refractivity contribution in [2.45, 2.75) is 19.9 Å². The van der Waals surface area contributed by atoms with Gasteiger partial charge in [-0.3, -0.25) is 0 Å². The van der Waals surface area contributed by atoms with Crippen molar-refractivity contribution in [3.05, 3.63) is 17.6 Å². The second kappa shape index (κ2) is 3.70. The lowest BCUT2D eigenvalue weighted by molar-refractivity contribution is 0.756. The van der Waals surface area contributed by atoms with Crippen LogP contribution in [0.25, 0.3) is 10.2 Å². The number of nitrogen functional groups attached to an aromatic ring is 1. The fraction of sp³-hybridized carbons (Fsp3) is 0.364. The summed E-state index contributed by atoms with van der Waals surface area (Å²) in [6.07, 6.45) is 0. The third kappa shape index (κ3) is 1.65. The molecule has 15 heavy (non-hydrogen) atoms. The van der Waals surface area contributed by atoms with Crippen molar-refractivity contribution in [2.75, 3.05) is 17.7 Å². The second-order valence-corrected chi connectivity index (χ2v) is 4.79. The number of anilines is 2. The normalized spacial score (nSPS) is 11.2. The zero-order valence-corrected chi connectivity index (χ0v) is 10.0. The average Bonchev–Trinajstić information content (AvgIpc) is 2.66. The minimum atomic E-state index is 0.434. The topological polar surface area (TPSA) is 42.2 Å². The van der Waals surface area contributed by atoms with Gasteiger partial charge in [0.2, 0.25) is 0 Å². The molecule has 0 atom stereocenters. The summed E-state index contributed by atoms with van der Waals surface area (Å²) in [5.74, 6) is 0. The lowest BCUT2D eigenvalue weighted by Gasteiger charge is -2.25. The van der Waals surface area contributed by atoms with Crippen molar-refractivity contribution < 1.29 is 0 Å². The molecular weight excluding hydrogens is 206 g/mol. The minimum absolute atomic E-state index is 0.434. The van der Waals surface area contributed by atoms with Crippen LogP contribution in [0, 0.1) is 0 Å². The summed E-state index contributed by atoms with van der Waals surface area (Å²) in [7, 11) is 2.05. The number of hydrogen-bond donors (Lipinski definition) is 1. The Kier molecular flexibility index (Phi) is 2.52. The fourth-order valence-corrected chi connectivity index (χ4v) is 2.22. The van der Waals surface area contributed by atoms with Gasteiger partial charge < -0.3 is 10.6 Å². The van der Waals surface area contributed by atoms with Crippen LogP contribution in [0.5, 0.6) is 0 Å². The number of benzene rings is 1. The predicted molar refractivity (Wildman–Crippen MR) is 67.6 cm³/mol. The molecule has 0 bridgehead atoms. The van der Waals surface area contributed by atoms with E-state index in [9.17, 15) is 0 Å². The molecule has 0 saturated heterocycles. The van der Waals surface area contributed by atoms with E-state index in [1.54, 1.807) is 11.3 Å². The Balaban J connectivity index is 2.57. The van der Waals surface area contributed by atoms with E-state index in [4.69, 9.17) is 5.73 Å². The zero-order chi connectivity index (χ0) is 11.0. The molecule has 0 fully saturated rings. The first-order chi connectivity index (χ1) is 7.11. The molecule has 3 nitrogen and oxygen atoms in total.